The summed E-state index contributed by atoms with van der Waals surface area (Å²) in [5, 5.41) is 2.52. The first-order valence-corrected chi connectivity index (χ1v) is 7.67. The summed E-state index contributed by atoms with van der Waals surface area (Å²) in [6, 6.07) is 13.1. The van der Waals surface area contributed by atoms with Crippen LogP contribution in [0.5, 0.6) is 5.75 Å². The van der Waals surface area contributed by atoms with Gasteiger partial charge in [0.1, 0.15) is 11.6 Å². The first-order chi connectivity index (χ1) is 11.6. The second-order valence-electron chi connectivity index (χ2n) is 5.50. The second-order valence-corrected chi connectivity index (χ2v) is 5.50. The summed E-state index contributed by atoms with van der Waals surface area (Å²) in [6.45, 7) is 1.87. The maximum absolute atomic E-state index is 13.6. The highest BCUT2D eigenvalue weighted by molar-refractivity contribution is 6.00. The Morgan fingerprint density at radius 3 is 2.71 bits per heavy atom. The zero-order valence-electron chi connectivity index (χ0n) is 13.2. The van der Waals surface area contributed by atoms with Crippen molar-refractivity contribution in [2.75, 3.05) is 16.8 Å². The van der Waals surface area contributed by atoms with Crippen LogP contribution in [0.2, 0.25) is 0 Å². The predicted molar refractivity (Wildman–Crippen MR) is 88.5 cm³/mol. The Morgan fingerprint density at radius 2 is 1.92 bits per heavy atom. The number of rotatable bonds is 4. The van der Waals surface area contributed by atoms with Crippen LogP contribution in [-0.2, 0) is 9.59 Å². The van der Waals surface area contributed by atoms with Crippen LogP contribution in [0.3, 0.4) is 0 Å². The van der Waals surface area contributed by atoms with Gasteiger partial charge in [0.25, 0.3) is 5.91 Å². The zero-order chi connectivity index (χ0) is 17.1. The van der Waals surface area contributed by atoms with Crippen molar-refractivity contribution in [3.05, 3.63) is 54.3 Å². The van der Waals surface area contributed by atoms with Crippen molar-refractivity contribution in [1.29, 1.82) is 0 Å². The fourth-order valence-corrected chi connectivity index (χ4v) is 2.58. The zero-order valence-corrected chi connectivity index (χ0v) is 13.2. The molecule has 2 aromatic carbocycles. The molecule has 0 radical (unpaired) electrons. The molecule has 0 bridgehead atoms. The van der Waals surface area contributed by atoms with Crippen molar-refractivity contribution in [1.82, 2.24) is 0 Å². The van der Waals surface area contributed by atoms with Gasteiger partial charge in [0.2, 0.25) is 5.91 Å². The molecule has 0 spiro atoms. The number of carbonyl (C=O) groups is 2. The highest BCUT2D eigenvalue weighted by atomic mass is 19.1. The molecule has 0 unspecified atom stereocenters. The molecule has 1 N–H and O–H groups in total. The molecule has 5 nitrogen and oxygen atoms in total. The number of nitrogens with one attached hydrogen (secondary N) is 1. The molecule has 1 aliphatic rings. The van der Waals surface area contributed by atoms with E-state index in [0.29, 0.717) is 11.4 Å². The molecule has 124 valence electrons. The predicted octanol–water partition coefficient (Wildman–Crippen LogP) is 2.97. The topological polar surface area (TPSA) is 58.6 Å². The van der Waals surface area contributed by atoms with Gasteiger partial charge in [-0.15, -0.1) is 0 Å². The van der Waals surface area contributed by atoms with Gasteiger partial charge < -0.3 is 15.0 Å². The van der Waals surface area contributed by atoms with E-state index >= 15 is 0 Å². The highest BCUT2D eigenvalue weighted by Gasteiger charge is 2.31. The minimum atomic E-state index is -0.602. The third-order valence-electron chi connectivity index (χ3n) is 3.78. The van der Waals surface area contributed by atoms with Crippen LogP contribution in [-0.4, -0.2) is 24.5 Å². The summed E-state index contributed by atoms with van der Waals surface area (Å²) < 4.78 is 19.1. The lowest BCUT2D eigenvalue weighted by atomic mass is 10.1. The molecule has 0 aromatic heterocycles. The third-order valence-corrected chi connectivity index (χ3v) is 3.78. The Labute approximate surface area is 139 Å². The number of hydrogen-bond acceptors (Lipinski definition) is 3. The number of carbonyl (C=O) groups excluding carboxylic acids is 2. The maximum atomic E-state index is 13.6. The van der Waals surface area contributed by atoms with E-state index in [4.69, 9.17) is 4.74 Å². The summed E-state index contributed by atoms with van der Waals surface area (Å²) in [7, 11) is 0. The molecule has 3 rings (SSSR count). The number of nitrogens with zero attached hydrogens (tertiary/aromatic N) is 1. The Bertz CT molecular complexity index is 778. The maximum Gasteiger partial charge on any atom is 0.267 e. The average molecular weight is 328 g/mol. The number of fused-ring (bicyclic) bond motifs is 1. The SMILES string of the molecule is C[C@H]1Oc2ccccc2N(CCC(=O)Nc2ccccc2F)C1=O. The molecule has 1 aliphatic heterocycles. The standard InChI is InChI=1S/C18H17FN2O3/c1-12-18(23)21(15-8-4-5-9-16(15)24-12)11-10-17(22)20-14-7-3-2-6-13(14)19/h2-9,12H,10-11H2,1H3,(H,20,22)/t12-/m1/s1. The van der Waals surface area contributed by atoms with E-state index in [1.54, 1.807) is 37.3 Å². The van der Waals surface area contributed by atoms with Gasteiger partial charge in [-0.2, -0.15) is 0 Å². The number of benzene rings is 2. The minimum absolute atomic E-state index is 0.0567. The summed E-state index contributed by atoms with van der Waals surface area (Å²) in [5.74, 6) is -0.441. The van der Waals surface area contributed by atoms with Crippen LogP contribution >= 0.6 is 0 Å². The summed E-state index contributed by atoms with van der Waals surface area (Å²) in [6.07, 6.45) is -0.546. The average Bonchev–Trinajstić information content (AvgIpc) is 2.57. The van der Waals surface area contributed by atoms with E-state index < -0.39 is 11.9 Å². The van der Waals surface area contributed by atoms with Gasteiger partial charge in [-0.25, -0.2) is 4.39 Å². The largest absolute Gasteiger partial charge is 0.479 e. The van der Waals surface area contributed by atoms with Crippen molar-refractivity contribution < 1.29 is 18.7 Å². The fraction of sp³-hybridized carbons (Fsp3) is 0.222. The van der Waals surface area contributed by atoms with Gasteiger partial charge in [-0.05, 0) is 31.2 Å². The lowest BCUT2D eigenvalue weighted by molar-refractivity contribution is -0.125. The van der Waals surface area contributed by atoms with Crippen molar-refractivity contribution in [2.24, 2.45) is 0 Å². The first-order valence-electron chi connectivity index (χ1n) is 7.67. The van der Waals surface area contributed by atoms with Crippen molar-refractivity contribution in [2.45, 2.75) is 19.4 Å². The molecule has 2 aromatic rings. The van der Waals surface area contributed by atoms with Gasteiger partial charge in [0, 0.05) is 13.0 Å². The molecule has 24 heavy (non-hydrogen) atoms. The van der Waals surface area contributed by atoms with Crippen LogP contribution in [0.4, 0.5) is 15.8 Å². The van der Waals surface area contributed by atoms with Crippen LogP contribution < -0.4 is 15.0 Å². The van der Waals surface area contributed by atoms with Gasteiger partial charge in [0.05, 0.1) is 11.4 Å². The molecule has 0 saturated heterocycles. The first kappa shape index (κ1) is 16.0. The number of halogens is 1. The monoisotopic (exact) mass is 328 g/mol. The summed E-state index contributed by atoms with van der Waals surface area (Å²) in [4.78, 5) is 25.9. The molecular weight excluding hydrogens is 311 g/mol. The van der Waals surface area contributed by atoms with E-state index in [9.17, 15) is 14.0 Å². The smallest absolute Gasteiger partial charge is 0.267 e. The Balaban J connectivity index is 1.68. The molecule has 1 atom stereocenters. The van der Waals surface area contributed by atoms with Crippen molar-refractivity contribution >= 4 is 23.2 Å². The van der Waals surface area contributed by atoms with Gasteiger partial charge in [-0.1, -0.05) is 24.3 Å². The molecular formula is C18H17FN2O3. The summed E-state index contributed by atoms with van der Waals surface area (Å²) in [5.41, 5.74) is 0.767. The number of para-hydroxylation sites is 3. The molecule has 0 fully saturated rings. The van der Waals surface area contributed by atoms with Crippen molar-refractivity contribution in [3.8, 4) is 5.75 Å². The number of hydrogen-bond donors (Lipinski definition) is 1. The quantitative estimate of drug-likeness (QED) is 0.939. The Hall–Kier alpha value is -2.89. The van der Waals surface area contributed by atoms with Gasteiger partial charge in [-0.3, -0.25) is 9.59 Å². The number of ether oxygens (including phenoxy) is 1. The molecule has 0 saturated carbocycles. The van der Waals surface area contributed by atoms with Crippen LogP contribution in [0.25, 0.3) is 0 Å². The molecule has 1 heterocycles. The number of amides is 2. The van der Waals surface area contributed by atoms with E-state index in [2.05, 4.69) is 5.32 Å². The van der Waals surface area contributed by atoms with Gasteiger partial charge in [0.15, 0.2) is 6.10 Å². The van der Waals surface area contributed by atoms with Gasteiger partial charge >= 0.3 is 0 Å². The fourth-order valence-electron chi connectivity index (χ4n) is 2.58. The summed E-state index contributed by atoms with van der Waals surface area (Å²) >= 11 is 0. The van der Waals surface area contributed by atoms with Crippen LogP contribution in [0.15, 0.2) is 48.5 Å². The van der Waals surface area contributed by atoms with E-state index in [1.807, 2.05) is 6.07 Å². The normalized spacial score (nSPS) is 16.3. The van der Waals surface area contributed by atoms with E-state index in [-0.39, 0.29) is 30.5 Å². The molecule has 0 aliphatic carbocycles. The number of anilines is 2. The molecule has 6 heteroatoms. The van der Waals surface area contributed by atoms with E-state index in [0.717, 1.165) is 0 Å². The minimum Gasteiger partial charge on any atom is -0.479 e. The van der Waals surface area contributed by atoms with Crippen LogP contribution in [0.1, 0.15) is 13.3 Å². The lowest BCUT2D eigenvalue weighted by Gasteiger charge is -2.32. The second kappa shape index (κ2) is 6.70. The Kier molecular flexibility index (Phi) is 4.46. The van der Waals surface area contributed by atoms with E-state index in [1.165, 1.54) is 17.0 Å². The molecule has 2 amide bonds. The highest BCUT2D eigenvalue weighted by Crippen LogP contribution is 2.33. The lowest BCUT2D eigenvalue weighted by Crippen LogP contribution is -2.45. The third kappa shape index (κ3) is 3.22. The van der Waals surface area contributed by atoms with Crippen molar-refractivity contribution in [3.63, 3.8) is 0 Å². The Morgan fingerprint density at radius 1 is 1.21 bits per heavy atom. The van der Waals surface area contributed by atoms with Crippen LogP contribution in [0, 0.1) is 5.82 Å².